The van der Waals surface area contributed by atoms with Crippen LogP contribution in [0.15, 0.2) is 47.1 Å². The normalized spacial score (nSPS) is 19.0. The molecule has 5 heteroatoms. The molecule has 5 nitrogen and oxygen atoms in total. The zero-order valence-corrected chi connectivity index (χ0v) is 16.4. The van der Waals surface area contributed by atoms with E-state index >= 15 is 0 Å². The molecule has 0 unspecified atom stereocenters. The Morgan fingerprint density at radius 1 is 1.07 bits per heavy atom. The molecule has 1 aliphatic carbocycles. The molecular weight excluding hydrogens is 352 g/mol. The SMILES string of the molecule is O=C(NC1CCN(CC2CCCC2)CC1)c1occc1COc1ccccc1. The van der Waals surface area contributed by atoms with E-state index in [1.54, 1.807) is 6.26 Å². The minimum absolute atomic E-state index is 0.133. The van der Waals surface area contributed by atoms with Crippen molar-refractivity contribution in [3.63, 3.8) is 0 Å². The number of hydrogen-bond donors (Lipinski definition) is 1. The van der Waals surface area contributed by atoms with Crippen molar-refractivity contribution in [2.24, 2.45) is 5.92 Å². The topological polar surface area (TPSA) is 54.7 Å². The minimum atomic E-state index is -0.133. The van der Waals surface area contributed by atoms with Crippen LogP contribution in [0.25, 0.3) is 0 Å². The molecule has 1 aromatic heterocycles. The Labute approximate surface area is 167 Å². The molecular formula is C23H30N2O3. The Balaban J connectivity index is 1.25. The molecule has 2 fully saturated rings. The van der Waals surface area contributed by atoms with Gasteiger partial charge < -0.3 is 19.4 Å². The second-order valence-corrected chi connectivity index (χ2v) is 8.08. The molecule has 2 aromatic rings. The highest BCUT2D eigenvalue weighted by atomic mass is 16.5. The molecule has 4 rings (SSSR count). The summed E-state index contributed by atoms with van der Waals surface area (Å²) in [6.07, 6.45) is 9.16. The Morgan fingerprint density at radius 3 is 2.57 bits per heavy atom. The molecule has 0 bridgehead atoms. The van der Waals surface area contributed by atoms with Gasteiger partial charge in [-0.25, -0.2) is 0 Å². The van der Waals surface area contributed by atoms with Crippen LogP contribution < -0.4 is 10.1 Å². The molecule has 28 heavy (non-hydrogen) atoms. The van der Waals surface area contributed by atoms with Crippen LogP contribution in [0.1, 0.15) is 54.6 Å². The number of nitrogens with zero attached hydrogens (tertiary/aromatic N) is 1. The molecule has 1 saturated heterocycles. The number of nitrogens with one attached hydrogen (secondary N) is 1. The summed E-state index contributed by atoms with van der Waals surface area (Å²) in [6.45, 7) is 3.70. The van der Waals surface area contributed by atoms with E-state index in [9.17, 15) is 4.79 Å². The van der Waals surface area contributed by atoms with E-state index in [4.69, 9.17) is 9.15 Å². The van der Waals surface area contributed by atoms with Gasteiger partial charge in [0, 0.05) is 31.2 Å². The Kier molecular flexibility index (Phi) is 6.32. The molecule has 1 saturated carbocycles. The lowest BCUT2D eigenvalue weighted by Gasteiger charge is -2.33. The predicted octanol–water partition coefficient (Wildman–Crippen LogP) is 4.24. The van der Waals surface area contributed by atoms with Crippen LogP contribution in [0, 0.1) is 5.92 Å². The molecule has 1 aliphatic heterocycles. The standard InChI is InChI=1S/C23H30N2O3/c26-23(22-19(12-15-27-22)17-28-21-8-2-1-3-9-21)24-20-10-13-25(14-11-20)16-18-6-4-5-7-18/h1-3,8-9,12,15,18,20H,4-7,10-11,13-14,16-17H2,(H,24,26). The van der Waals surface area contributed by atoms with Crippen LogP contribution in [0.2, 0.25) is 0 Å². The fourth-order valence-electron chi connectivity index (χ4n) is 4.40. The third-order valence-corrected chi connectivity index (χ3v) is 6.00. The zero-order chi connectivity index (χ0) is 19.2. The number of carbonyl (C=O) groups excluding carboxylic acids is 1. The first kappa shape index (κ1) is 19.1. The van der Waals surface area contributed by atoms with Crippen LogP contribution in [-0.4, -0.2) is 36.5 Å². The molecule has 150 valence electrons. The molecule has 2 aliphatic rings. The van der Waals surface area contributed by atoms with Gasteiger partial charge in [-0.15, -0.1) is 0 Å². The summed E-state index contributed by atoms with van der Waals surface area (Å²) in [7, 11) is 0. The van der Waals surface area contributed by atoms with E-state index in [2.05, 4.69) is 10.2 Å². The van der Waals surface area contributed by atoms with Gasteiger partial charge in [0.25, 0.3) is 5.91 Å². The highest BCUT2D eigenvalue weighted by Gasteiger charge is 2.26. The number of rotatable bonds is 7. The lowest BCUT2D eigenvalue weighted by atomic mass is 10.0. The third-order valence-electron chi connectivity index (χ3n) is 6.00. The van der Waals surface area contributed by atoms with Crippen molar-refractivity contribution in [2.45, 2.75) is 51.2 Å². The first-order chi connectivity index (χ1) is 13.8. The van der Waals surface area contributed by atoms with Crippen molar-refractivity contribution in [1.29, 1.82) is 0 Å². The quantitative estimate of drug-likeness (QED) is 0.778. The highest BCUT2D eigenvalue weighted by Crippen LogP contribution is 2.26. The largest absolute Gasteiger partial charge is 0.489 e. The number of piperidine rings is 1. The van der Waals surface area contributed by atoms with E-state index in [0.29, 0.717) is 12.4 Å². The summed E-state index contributed by atoms with van der Waals surface area (Å²) >= 11 is 0. The summed E-state index contributed by atoms with van der Waals surface area (Å²) in [5.41, 5.74) is 0.778. The lowest BCUT2D eigenvalue weighted by Crippen LogP contribution is -2.45. The number of carbonyl (C=O) groups is 1. The first-order valence-corrected chi connectivity index (χ1v) is 10.6. The number of ether oxygens (including phenoxy) is 1. The van der Waals surface area contributed by atoms with E-state index in [-0.39, 0.29) is 11.9 Å². The fraction of sp³-hybridized carbons (Fsp3) is 0.522. The predicted molar refractivity (Wildman–Crippen MR) is 108 cm³/mol. The van der Waals surface area contributed by atoms with Crippen molar-refractivity contribution in [3.05, 3.63) is 54.0 Å². The van der Waals surface area contributed by atoms with Gasteiger partial charge in [-0.3, -0.25) is 4.79 Å². The monoisotopic (exact) mass is 382 g/mol. The maximum atomic E-state index is 12.7. The number of para-hydroxylation sites is 1. The number of benzene rings is 1. The smallest absolute Gasteiger partial charge is 0.287 e. The Bertz CT molecular complexity index is 744. The number of likely N-dealkylation sites (tertiary alicyclic amines) is 1. The van der Waals surface area contributed by atoms with Crippen LogP contribution >= 0.6 is 0 Å². The Hall–Kier alpha value is -2.27. The minimum Gasteiger partial charge on any atom is -0.489 e. The van der Waals surface area contributed by atoms with E-state index < -0.39 is 0 Å². The van der Waals surface area contributed by atoms with E-state index in [0.717, 1.165) is 43.2 Å². The third kappa shape index (κ3) is 4.96. The van der Waals surface area contributed by atoms with Crippen LogP contribution in [0.4, 0.5) is 0 Å². The van der Waals surface area contributed by atoms with Crippen molar-refractivity contribution in [3.8, 4) is 5.75 Å². The first-order valence-electron chi connectivity index (χ1n) is 10.6. The van der Waals surface area contributed by atoms with Crippen LogP contribution in [-0.2, 0) is 6.61 Å². The van der Waals surface area contributed by atoms with Crippen molar-refractivity contribution < 1.29 is 13.9 Å². The van der Waals surface area contributed by atoms with Gasteiger partial charge in [0.15, 0.2) is 5.76 Å². The molecule has 0 spiro atoms. The van der Waals surface area contributed by atoms with Gasteiger partial charge in [0.2, 0.25) is 0 Å². The summed E-state index contributed by atoms with van der Waals surface area (Å²) < 4.78 is 11.2. The maximum Gasteiger partial charge on any atom is 0.287 e. The summed E-state index contributed by atoms with van der Waals surface area (Å²) in [4.78, 5) is 15.3. The average Bonchev–Trinajstić information content (AvgIpc) is 3.40. The van der Waals surface area contributed by atoms with Gasteiger partial charge in [-0.1, -0.05) is 31.0 Å². The van der Waals surface area contributed by atoms with Gasteiger partial charge in [0.05, 0.1) is 6.26 Å². The van der Waals surface area contributed by atoms with Gasteiger partial charge >= 0.3 is 0 Å². The summed E-state index contributed by atoms with van der Waals surface area (Å²) in [6, 6.07) is 11.6. The van der Waals surface area contributed by atoms with E-state index in [1.165, 1.54) is 32.2 Å². The van der Waals surface area contributed by atoms with Gasteiger partial charge in [0.1, 0.15) is 12.4 Å². The summed E-state index contributed by atoms with van der Waals surface area (Å²) in [5.74, 6) is 1.90. The highest BCUT2D eigenvalue weighted by molar-refractivity contribution is 5.93. The van der Waals surface area contributed by atoms with Gasteiger partial charge in [-0.05, 0) is 49.8 Å². The fourth-order valence-corrected chi connectivity index (χ4v) is 4.40. The Morgan fingerprint density at radius 2 is 1.82 bits per heavy atom. The molecule has 2 heterocycles. The second kappa shape index (κ2) is 9.28. The molecule has 0 radical (unpaired) electrons. The van der Waals surface area contributed by atoms with Crippen molar-refractivity contribution >= 4 is 5.91 Å². The lowest BCUT2D eigenvalue weighted by molar-refractivity contribution is 0.0874. The molecule has 1 amide bonds. The van der Waals surface area contributed by atoms with E-state index in [1.807, 2.05) is 36.4 Å². The van der Waals surface area contributed by atoms with Crippen LogP contribution in [0.3, 0.4) is 0 Å². The zero-order valence-electron chi connectivity index (χ0n) is 16.4. The van der Waals surface area contributed by atoms with Crippen molar-refractivity contribution in [1.82, 2.24) is 10.2 Å². The number of amides is 1. The number of furan rings is 1. The van der Waals surface area contributed by atoms with Crippen molar-refractivity contribution in [2.75, 3.05) is 19.6 Å². The summed E-state index contributed by atoms with van der Waals surface area (Å²) in [5, 5.41) is 3.16. The average molecular weight is 383 g/mol. The maximum absolute atomic E-state index is 12.7. The molecule has 0 atom stereocenters. The second-order valence-electron chi connectivity index (χ2n) is 8.08. The number of hydrogen-bond acceptors (Lipinski definition) is 4. The van der Waals surface area contributed by atoms with Crippen LogP contribution in [0.5, 0.6) is 5.75 Å². The molecule has 1 N–H and O–H groups in total. The molecule has 1 aromatic carbocycles. The van der Waals surface area contributed by atoms with Gasteiger partial charge in [-0.2, -0.15) is 0 Å².